The maximum atomic E-state index is 13.3. The SMILES string of the molecule is COc1cccc(CN(C(=O)CSc2ccc(C)cc2)[C@H](C)C(=O)NC2CCCCC2)c1. The first kappa shape index (κ1) is 24.2. The number of amides is 2. The Morgan fingerprint density at radius 3 is 2.53 bits per heavy atom. The summed E-state index contributed by atoms with van der Waals surface area (Å²) in [6, 6.07) is 15.5. The van der Waals surface area contributed by atoms with Crippen LogP contribution in [0.15, 0.2) is 53.4 Å². The van der Waals surface area contributed by atoms with Gasteiger partial charge < -0.3 is 15.0 Å². The number of nitrogens with zero attached hydrogens (tertiary/aromatic N) is 1. The van der Waals surface area contributed by atoms with Crippen molar-refractivity contribution in [2.75, 3.05) is 12.9 Å². The molecular formula is C26H34N2O3S. The molecule has 1 aliphatic carbocycles. The molecule has 0 heterocycles. The third-order valence-electron chi connectivity index (χ3n) is 5.99. The second kappa shape index (κ2) is 12.0. The summed E-state index contributed by atoms with van der Waals surface area (Å²) in [5.41, 5.74) is 2.13. The van der Waals surface area contributed by atoms with Gasteiger partial charge >= 0.3 is 0 Å². The van der Waals surface area contributed by atoms with Gasteiger partial charge in [0.1, 0.15) is 11.8 Å². The molecule has 0 unspecified atom stereocenters. The zero-order valence-corrected chi connectivity index (χ0v) is 20.1. The van der Waals surface area contributed by atoms with Gasteiger partial charge in [0.25, 0.3) is 0 Å². The fraction of sp³-hybridized carbons (Fsp3) is 0.462. The third-order valence-corrected chi connectivity index (χ3v) is 6.99. The Hall–Kier alpha value is -2.47. The van der Waals surface area contributed by atoms with E-state index in [9.17, 15) is 9.59 Å². The van der Waals surface area contributed by atoms with Gasteiger partial charge in [0.2, 0.25) is 11.8 Å². The van der Waals surface area contributed by atoms with Crippen LogP contribution in [0.2, 0.25) is 0 Å². The van der Waals surface area contributed by atoms with Gasteiger partial charge in [-0.3, -0.25) is 9.59 Å². The van der Waals surface area contributed by atoms with E-state index in [0.29, 0.717) is 6.54 Å². The van der Waals surface area contributed by atoms with Crippen LogP contribution in [-0.4, -0.2) is 41.7 Å². The van der Waals surface area contributed by atoms with E-state index >= 15 is 0 Å². The molecule has 0 aliphatic heterocycles. The number of methoxy groups -OCH3 is 1. The molecule has 5 nitrogen and oxygen atoms in total. The molecule has 1 fully saturated rings. The third kappa shape index (κ3) is 7.02. The molecule has 0 aromatic heterocycles. The largest absolute Gasteiger partial charge is 0.497 e. The van der Waals surface area contributed by atoms with E-state index in [4.69, 9.17) is 4.74 Å². The molecule has 0 bridgehead atoms. The van der Waals surface area contributed by atoms with Crippen molar-refractivity contribution >= 4 is 23.6 Å². The minimum atomic E-state index is -0.547. The average Bonchev–Trinajstić information content (AvgIpc) is 2.82. The lowest BCUT2D eigenvalue weighted by molar-refractivity contribution is -0.139. The maximum absolute atomic E-state index is 13.3. The van der Waals surface area contributed by atoms with Gasteiger partial charge in [0.05, 0.1) is 12.9 Å². The summed E-state index contributed by atoms with van der Waals surface area (Å²) in [4.78, 5) is 29.1. The smallest absolute Gasteiger partial charge is 0.242 e. The Morgan fingerprint density at radius 1 is 1.12 bits per heavy atom. The van der Waals surface area contributed by atoms with E-state index in [0.717, 1.165) is 41.9 Å². The molecular weight excluding hydrogens is 420 g/mol. The van der Waals surface area contributed by atoms with Gasteiger partial charge in [-0.1, -0.05) is 49.1 Å². The van der Waals surface area contributed by atoms with E-state index in [1.165, 1.54) is 23.7 Å². The van der Waals surface area contributed by atoms with E-state index in [1.54, 1.807) is 12.0 Å². The topological polar surface area (TPSA) is 58.6 Å². The minimum absolute atomic E-state index is 0.0512. The van der Waals surface area contributed by atoms with E-state index in [-0.39, 0.29) is 23.6 Å². The summed E-state index contributed by atoms with van der Waals surface area (Å²) in [6.07, 6.45) is 5.58. The van der Waals surface area contributed by atoms with Crippen LogP contribution in [0.25, 0.3) is 0 Å². The maximum Gasteiger partial charge on any atom is 0.242 e. The molecule has 32 heavy (non-hydrogen) atoms. The van der Waals surface area contributed by atoms with Crippen molar-refractivity contribution in [2.24, 2.45) is 0 Å². The molecule has 1 atom stereocenters. The lowest BCUT2D eigenvalue weighted by Gasteiger charge is -2.31. The Bertz CT molecular complexity index is 894. The fourth-order valence-corrected chi connectivity index (χ4v) is 4.77. The summed E-state index contributed by atoms with van der Waals surface area (Å²) >= 11 is 1.50. The van der Waals surface area contributed by atoms with E-state index in [1.807, 2.05) is 62.4 Å². The molecule has 0 radical (unpaired) electrons. The van der Waals surface area contributed by atoms with Crippen LogP contribution < -0.4 is 10.1 Å². The van der Waals surface area contributed by atoms with Gasteiger partial charge in [-0.05, 0) is 56.5 Å². The van der Waals surface area contributed by atoms with Gasteiger partial charge in [0.15, 0.2) is 0 Å². The van der Waals surface area contributed by atoms with Crippen molar-refractivity contribution in [2.45, 2.75) is 69.5 Å². The van der Waals surface area contributed by atoms with Crippen molar-refractivity contribution in [3.05, 3.63) is 59.7 Å². The Morgan fingerprint density at radius 2 is 1.84 bits per heavy atom. The lowest BCUT2D eigenvalue weighted by atomic mass is 9.95. The number of ether oxygens (including phenoxy) is 1. The molecule has 1 aliphatic rings. The highest BCUT2D eigenvalue weighted by molar-refractivity contribution is 8.00. The zero-order chi connectivity index (χ0) is 22.9. The van der Waals surface area contributed by atoms with Crippen molar-refractivity contribution < 1.29 is 14.3 Å². The van der Waals surface area contributed by atoms with Crippen molar-refractivity contribution in [1.82, 2.24) is 10.2 Å². The minimum Gasteiger partial charge on any atom is -0.497 e. The standard InChI is InChI=1S/C26H34N2O3S/c1-19-12-14-24(15-13-19)32-18-25(29)28(17-21-8-7-11-23(16-21)31-3)20(2)26(30)27-22-9-5-4-6-10-22/h7-8,11-16,20,22H,4-6,9-10,17-18H2,1-3H3,(H,27,30)/t20-/m1/s1. The summed E-state index contributed by atoms with van der Waals surface area (Å²) in [5.74, 6) is 0.898. The van der Waals surface area contributed by atoms with Gasteiger partial charge in [-0.15, -0.1) is 11.8 Å². The quantitative estimate of drug-likeness (QED) is 0.544. The van der Waals surface area contributed by atoms with Crippen molar-refractivity contribution in [3.63, 3.8) is 0 Å². The van der Waals surface area contributed by atoms with Crippen LogP contribution in [0.1, 0.15) is 50.2 Å². The molecule has 6 heteroatoms. The number of thioether (sulfide) groups is 1. The first-order valence-corrected chi connectivity index (χ1v) is 12.4. The monoisotopic (exact) mass is 454 g/mol. The number of carbonyl (C=O) groups excluding carboxylic acids is 2. The van der Waals surface area contributed by atoms with E-state index in [2.05, 4.69) is 5.32 Å². The number of nitrogens with one attached hydrogen (secondary N) is 1. The number of carbonyl (C=O) groups is 2. The predicted molar refractivity (Wildman–Crippen MR) is 130 cm³/mol. The first-order chi connectivity index (χ1) is 15.5. The van der Waals surface area contributed by atoms with Crippen LogP contribution in [0, 0.1) is 6.92 Å². The van der Waals surface area contributed by atoms with Crippen LogP contribution in [0.3, 0.4) is 0 Å². The molecule has 3 rings (SSSR count). The number of hydrogen-bond donors (Lipinski definition) is 1. The molecule has 2 aromatic rings. The number of rotatable bonds is 9. The number of benzene rings is 2. The summed E-state index contributed by atoms with van der Waals surface area (Å²) < 4.78 is 5.33. The number of hydrogen-bond acceptors (Lipinski definition) is 4. The molecule has 0 saturated heterocycles. The highest BCUT2D eigenvalue weighted by Crippen LogP contribution is 2.22. The van der Waals surface area contributed by atoms with Crippen molar-refractivity contribution in [3.8, 4) is 5.75 Å². The van der Waals surface area contributed by atoms with Gasteiger partial charge in [0, 0.05) is 17.5 Å². The fourth-order valence-electron chi connectivity index (χ4n) is 3.98. The lowest BCUT2D eigenvalue weighted by Crippen LogP contribution is -2.50. The molecule has 1 saturated carbocycles. The average molecular weight is 455 g/mol. The van der Waals surface area contributed by atoms with Crippen LogP contribution in [-0.2, 0) is 16.1 Å². The van der Waals surface area contributed by atoms with Gasteiger partial charge in [-0.2, -0.15) is 0 Å². The number of aryl methyl sites for hydroxylation is 1. The highest BCUT2D eigenvalue weighted by Gasteiger charge is 2.28. The second-order valence-electron chi connectivity index (χ2n) is 8.49. The molecule has 2 amide bonds. The molecule has 2 aromatic carbocycles. The summed E-state index contributed by atoms with van der Waals surface area (Å²) in [6.45, 7) is 4.23. The van der Waals surface area contributed by atoms with Crippen LogP contribution in [0.4, 0.5) is 0 Å². The normalized spacial score (nSPS) is 15.1. The molecule has 1 N–H and O–H groups in total. The predicted octanol–water partition coefficient (Wildman–Crippen LogP) is 4.96. The van der Waals surface area contributed by atoms with Gasteiger partial charge in [-0.25, -0.2) is 0 Å². The summed E-state index contributed by atoms with van der Waals surface area (Å²) in [7, 11) is 1.63. The molecule has 172 valence electrons. The van der Waals surface area contributed by atoms with Crippen molar-refractivity contribution in [1.29, 1.82) is 0 Å². The summed E-state index contributed by atoms with van der Waals surface area (Å²) in [5, 5.41) is 3.18. The zero-order valence-electron chi connectivity index (χ0n) is 19.3. The highest BCUT2D eigenvalue weighted by atomic mass is 32.2. The van der Waals surface area contributed by atoms with E-state index < -0.39 is 6.04 Å². The van der Waals surface area contributed by atoms with Crippen LogP contribution >= 0.6 is 11.8 Å². The first-order valence-electron chi connectivity index (χ1n) is 11.4. The Kier molecular flexibility index (Phi) is 9.03. The second-order valence-corrected chi connectivity index (χ2v) is 9.54. The Balaban J connectivity index is 1.71. The molecule has 0 spiro atoms. The Labute approximate surface area is 195 Å². The van der Waals surface area contributed by atoms with Crippen LogP contribution in [0.5, 0.6) is 5.75 Å².